The van der Waals surface area contributed by atoms with Gasteiger partial charge in [0, 0.05) is 19.1 Å². The highest BCUT2D eigenvalue weighted by Crippen LogP contribution is 2.28. The lowest BCUT2D eigenvalue weighted by molar-refractivity contribution is -0.136. The fourth-order valence-corrected chi connectivity index (χ4v) is 5.70. The highest BCUT2D eigenvalue weighted by Gasteiger charge is 2.36. The molecule has 1 aromatic carbocycles. The Morgan fingerprint density at radius 1 is 1.19 bits per heavy atom. The number of hydrogen-bond acceptors (Lipinski definition) is 5. The number of halogens is 1. The minimum Gasteiger partial charge on any atom is -0.346 e. The lowest BCUT2D eigenvalue weighted by Crippen LogP contribution is -2.45. The standard InChI is InChI=1S/C17H18FN3O4S2/c18-13-6-1-2-7-14(13)20-17(23)16(22)19-11-12-5-3-9-21(12)27(24,25)15-8-4-10-26-15/h1-2,4,6-8,10,12H,3,5,9,11H2,(H,19,22)(H,20,23)/t12-/m0/s1. The summed E-state index contributed by atoms with van der Waals surface area (Å²) < 4.78 is 40.5. The number of hydrogen-bond donors (Lipinski definition) is 2. The van der Waals surface area contributed by atoms with Crippen molar-refractivity contribution >= 4 is 38.9 Å². The van der Waals surface area contributed by atoms with Gasteiger partial charge in [0.15, 0.2) is 0 Å². The molecule has 3 rings (SSSR count). The van der Waals surface area contributed by atoms with E-state index in [1.807, 2.05) is 0 Å². The van der Waals surface area contributed by atoms with Gasteiger partial charge >= 0.3 is 11.8 Å². The molecular weight excluding hydrogens is 393 g/mol. The summed E-state index contributed by atoms with van der Waals surface area (Å²) in [7, 11) is -3.62. The number of thiophene rings is 1. The monoisotopic (exact) mass is 411 g/mol. The minimum atomic E-state index is -3.62. The van der Waals surface area contributed by atoms with Crippen LogP contribution in [0, 0.1) is 5.82 Å². The van der Waals surface area contributed by atoms with Crippen molar-refractivity contribution in [3.8, 4) is 0 Å². The quantitative estimate of drug-likeness (QED) is 0.734. The van der Waals surface area contributed by atoms with E-state index in [0.29, 0.717) is 19.4 Å². The van der Waals surface area contributed by atoms with Gasteiger partial charge in [-0.3, -0.25) is 9.59 Å². The number of carbonyl (C=O) groups is 2. The second-order valence-electron chi connectivity index (χ2n) is 5.99. The van der Waals surface area contributed by atoms with E-state index in [-0.39, 0.29) is 16.4 Å². The number of anilines is 1. The van der Waals surface area contributed by atoms with Crippen molar-refractivity contribution in [1.82, 2.24) is 9.62 Å². The summed E-state index contributed by atoms with van der Waals surface area (Å²) in [5.74, 6) is -2.60. The molecule has 0 unspecified atom stereocenters. The van der Waals surface area contributed by atoms with Gasteiger partial charge in [0.05, 0.1) is 5.69 Å². The first-order valence-electron chi connectivity index (χ1n) is 8.28. The Morgan fingerprint density at radius 2 is 1.96 bits per heavy atom. The maximum Gasteiger partial charge on any atom is 0.313 e. The van der Waals surface area contributed by atoms with E-state index >= 15 is 0 Å². The highest BCUT2D eigenvalue weighted by atomic mass is 32.2. The van der Waals surface area contributed by atoms with Gasteiger partial charge < -0.3 is 10.6 Å². The Bertz CT molecular complexity index is 931. The van der Waals surface area contributed by atoms with Crippen molar-refractivity contribution < 1.29 is 22.4 Å². The molecule has 144 valence electrons. The molecule has 1 aromatic heterocycles. The zero-order chi connectivity index (χ0) is 19.4. The fourth-order valence-electron chi connectivity index (χ4n) is 2.89. The molecule has 2 amide bonds. The molecule has 1 aliphatic heterocycles. The molecule has 0 spiro atoms. The largest absolute Gasteiger partial charge is 0.346 e. The summed E-state index contributed by atoms with van der Waals surface area (Å²) in [5, 5.41) is 6.32. The third-order valence-corrected chi connectivity index (χ3v) is 7.53. The minimum absolute atomic E-state index is 0.00807. The molecule has 1 fully saturated rings. The van der Waals surface area contributed by atoms with Crippen LogP contribution in [0.1, 0.15) is 12.8 Å². The number of sulfonamides is 1. The van der Waals surface area contributed by atoms with Crippen molar-refractivity contribution in [2.24, 2.45) is 0 Å². The maximum absolute atomic E-state index is 13.5. The van der Waals surface area contributed by atoms with Crippen LogP contribution >= 0.6 is 11.3 Å². The van der Waals surface area contributed by atoms with Crippen molar-refractivity contribution in [3.63, 3.8) is 0 Å². The Hall–Kier alpha value is -2.30. The number of rotatable bonds is 5. The van der Waals surface area contributed by atoms with E-state index in [9.17, 15) is 22.4 Å². The van der Waals surface area contributed by atoms with E-state index in [1.165, 1.54) is 34.6 Å². The Balaban J connectivity index is 1.59. The summed E-state index contributed by atoms with van der Waals surface area (Å²) in [5.41, 5.74) is -0.0968. The van der Waals surface area contributed by atoms with Gasteiger partial charge in [-0.2, -0.15) is 4.31 Å². The second kappa shape index (κ2) is 8.15. The second-order valence-corrected chi connectivity index (χ2v) is 9.05. The summed E-state index contributed by atoms with van der Waals surface area (Å²) >= 11 is 1.13. The molecule has 0 radical (unpaired) electrons. The van der Waals surface area contributed by atoms with E-state index in [0.717, 1.165) is 11.3 Å². The Labute approximate surface area is 160 Å². The average molecular weight is 411 g/mol. The molecule has 0 bridgehead atoms. The number of carbonyl (C=O) groups excluding carboxylic acids is 2. The van der Waals surface area contributed by atoms with Crippen LogP contribution in [0.4, 0.5) is 10.1 Å². The number of nitrogens with one attached hydrogen (secondary N) is 2. The zero-order valence-electron chi connectivity index (χ0n) is 14.2. The van der Waals surface area contributed by atoms with Gasteiger partial charge in [-0.05, 0) is 36.4 Å². The van der Waals surface area contributed by atoms with Crippen molar-refractivity contribution in [2.45, 2.75) is 23.1 Å². The van der Waals surface area contributed by atoms with Crippen molar-refractivity contribution in [3.05, 3.63) is 47.6 Å². The summed E-state index contributed by atoms with van der Waals surface area (Å²) in [6.45, 7) is 0.371. The average Bonchev–Trinajstić information content (AvgIpc) is 3.33. The van der Waals surface area contributed by atoms with E-state index in [4.69, 9.17) is 0 Å². The number of nitrogens with zero attached hydrogens (tertiary/aromatic N) is 1. The van der Waals surface area contributed by atoms with Crippen LogP contribution in [0.25, 0.3) is 0 Å². The molecule has 2 aromatic rings. The van der Waals surface area contributed by atoms with Gasteiger partial charge in [-0.15, -0.1) is 11.3 Å². The van der Waals surface area contributed by atoms with Crippen LogP contribution in [0.3, 0.4) is 0 Å². The third-order valence-electron chi connectivity index (χ3n) is 4.21. The van der Waals surface area contributed by atoms with Gasteiger partial charge in [0.2, 0.25) is 0 Å². The third kappa shape index (κ3) is 4.34. The lowest BCUT2D eigenvalue weighted by atomic mass is 10.2. The van der Waals surface area contributed by atoms with E-state index < -0.39 is 33.7 Å². The van der Waals surface area contributed by atoms with Gasteiger partial charge in [-0.25, -0.2) is 12.8 Å². The molecule has 10 heteroatoms. The Kier molecular flexibility index (Phi) is 5.88. The lowest BCUT2D eigenvalue weighted by Gasteiger charge is -2.23. The first kappa shape index (κ1) is 19.5. The van der Waals surface area contributed by atoms with Gasteiger partial charge in [-0.1, -0.05) is 18.2 Å². The van der Waals surface area contributed by atoms with Crippen molar-refractivity contribution in [1.29, 1.82) is 0 Å². The van der Waals surface area contributed by atoms with Crippen LogP contribution in [0.5, 0.6) is 0 Å². The van der Waals surface area contributed by atoms with Crippen LogP contribution < -0.4 is 10.6 Å². The van der Waals surface area contributed by atoms with Crippen LogP contribution in [0.15, 0.2) is 46.0 Å². The molecular formula is C17H18FN3O4S2. The number of amides is 2. The summed E-state index contributed by atoms with van der Waals surface area (Å²) in [6, 6.07) is 8.28. The first-order chi connectivity index (χ1) is 12.9. The normalized spacial score (nSPS) is 17.6. The Morgan fingerprint density at radius 3 is 2.67 bits per heavy atom. The summed E-state index contributed by atoms with van der Waals surface area (Å²) in [6.07, 6.45) is 1.26. The predicted molar refractivity (Wildman–Crippen MR) is 99.3 cm³/mol. The smallest absolute Gasteiger partial charge is 0.313 e. The van der Waals surface area contributed by atoms with E-state index in [2.05, 4.69) is 10.6 Å². The maximum atomic E-state index is 13.5. The van der Waals surface area contributed by atoms with Crippen LogP contribution in [-0.2, 0) is 19.6 Å². The predicted octanol–water partition coefficient (Wildman–Crippen LogP) is 1.80. The molecule has 1 atom stereocenters. The summed E-state index contributed by atoms with van der Waals surface area (Å²) in [4.78, 5) is 23.9. The molecule has 2 heterocycles. The zero-order valence-corrected chi connectivity index (χ0v) is 15.9. The van der Waals surface area contributed by atoms with Gasteiger partial charge in [0.1, 0.15) is 10.0 Å². The molecule has 0 saturated carbocycles. The first-order valence-corrected chi connectivity index (χ1v) is 10.6. The van der Waals surface area contributed by atoms with Crippen molar-refractivity contribution in [2.75, 3.05) is 18.4 Å². The number of para-hydroxylation sites is 1. The van der Waals surface area contributed by atoms with Crippen LogP contribution in [-0.4, -0.2) is 43.7 Å². The molecule has 2 N–H and O–H groups in total. The SMILES string of the molecule is O=C(NC[C@@H]1CCCN1S(=O)(=O)c1cccs1)C(=O)Nc1ccccc1F. The topological polar surface area (TPSA) is 95.6 Å². The van der Waals surface area contributed by atoms with Crippen LogP contribution in [0.2, 0.25) is 0 Å². The number of benzene rings is 1. The molecule has 0 aliphatic carbocycles. The van der Waals surface area contributed by atoms with E-state index in [1.54, 1.807) is 11.4 Å². The molecule has 1 aliphatic rings. The molecule has 27 heavy (non-hydrogen) atoms. The molecule has 1 saturated heterocycles. The van der Waals surface area contributed by atoms with Gasteiger partial charge in [0.25, 0.3) is 10.0 Å². The fraction of sp³-hybridized carbons (Fsp3) is 0.294. The highest BCUT2D eigenvalue weighted by molar-refractivity contribution is 7.91. The molecule has 7 nitrogen and oxygen atoms in total.